The maximum Gasteiger partial charge on any atom is 0.389 e. The lowest BCUT2D eigenvalue weighted by Gasteiger charge is -2.37. The van der Waals surface area contributed by atoms with Crippen LogP contribution in [0.1, 0.15) is 58.1 Å². The Morgan fingerprint density at radius 3 is 2.19 bits per heavy atom. The highest BCUT2D eigenvalue weighted by molar-refractivity contribution is 6.74. The van der Waals surface area contributed by atoms with E-state index in [-0.39, 0.29) is 23.3 Å². The normalized spacial score (nSPS) is 14.5. The summed E-state index contributed by atoms with van der Waals surface area (Å²) in [6, 6.07) is 4.98. The average Bonchev–Trinajstić information content (AvgIpc) is 2.97. The Balaban J connectivity index is 2.92. The Hall–Kier alpha value is -1.84. The van der Waals surface area contributed by atoms with Crippen LogP contribution in [-0.2, 0) is 10.8 Å². The van der Waals surface area contributed by atoms with Crippen molar-refractivity contribution >= 4 is 8.32 Å². The predicted molar refractivity (Wildman–Crippen MR) is 95.9 cm³/mol. The van der Waals surface area contributed by atoms with Crippen LogP contribution in [0.5, 0.6) is 0 Å². The van der Waals surface area contributed by atoms with Gasteiger partial charge in [-0.15, -0.1) is 0 Å². The van der Waals surface area contributed by atoms with E-state index in [0.717, 1.165) is 0 Å². The van der Waals surface area contributed by atoms with Crippen LogP contribution < -0.4 is 0 Å². The number of hydrogen-bond acceptors (Lipinski definition) is 5. The van der Waals surface area contributed by atoms with Crippen molar-refractivity contribution in [2.45, 2.75) is 77.4 Å². The minimum atomic E-state index is -4.43. The minimum Gasteiger partial charge on any atom is -0.407 e. The molecule has 1 aromatic rings. The van der Waals surface area contributed by atoms with E-state index >= 15 is 0 Å². The van der Waals surface area contributed by atoms with Crippen LogP contribution in [0.15, 0.2) is 10.6 Å². The largest absolute Gasteiger partial charge is 0.407 e. The van der Waals surface area contributed by atoms with Crippen molar-refractivity contribution in [2.24, 2.45) is 5.41 Å². The monoisotopic (exact) mass is 401 g/mol. The summed E-state index contributed by atoms with van der Waals surface area (Å²) in [6.07, 6.45) is -6.86. The lowest BCUT2D eigenvalue weighted by atomic mass is 9.81. The first kappa shape index (κ1) is 23.2. The van der Waals surface area contributed by atoms with E-state index in [4.69, 9.17) is 8.95 Å². The molecule has 0 fully saturated rings. The van der Waals surface area contributed by atoms with E-state index in [1.165, 1.54) is 0 Å². The van der Waals surface area contributed by atoms with Gasteiger partial charge in [0.05, 0.1) is 17.8 Å². The molecule has 0 radical (unpaired) electrons. The topological polar surface area (TPSA) is 82.8 Å². The molecule has 0 aliphatic carbocycles. The molecule has 1 unspecified atom stereocenters. The molecule has 0 aliphatic heterocycles. The van der Waals surface area contributed by atoms with Crippen molar-refractivity contribution in [3.63, 3.8) is 0 Å². The summed E-state index contributed by atoms with van der Waals surface area (Å²) in [5.41, 5.74) is -1.53. The Morgan fingerprint density at radius 1 is 1.19 bits per heavy atom. The lowest BCUT2D eigenvalue weighted by Crippen LogP contribution is -2.41. The number of aromatic nitrogens is 1. The highest BCUT2D eigenvalue weighted by Gasteiger charge is 2.40. The standard InChI is InChI=1S/C18H26F3N3O2Si/c1-13(26-27(5,6)16(2,3)4)15-9-14(24-25-15)10-17(11-22,12-23)7-8-18(19,20)21/h9,13H,7-8,10H2,1-6H3. The smallest absolute Gasteiger partial charge is 0.389 e. The van der Waals surface area contributed by atoms with Crippen molar-refractivity contribution < 1.29 is 22.1 Å². The first-order valence-electron chi connectivity index (χ1n) is 8.67. The molecular weight excluding hydrogens is 375 g/mol. The van der Waals surface area contributed by atoms with Crippen LogP contribution in [-0.4, -0.2) is 19.7 Å². The highest BCUT2D eigenvalue weighted by atomic mass is 28.4. The lowest BCUT2D eigenvalue weighted by molar-refractivity contribution is -0.138. The summed E-state index contributed by atoms with van der Waals surface area (Å²) in [5.74, 6) is 0.426. The molecule has 0 spiro atoms. The van der Waals surface area contributed by atoms with Gasteiger partial charge >= 0.3 is 6.18 Å². The molecule has 0 aromatic carbocycles. The van der Waals surface area contributed by atoms with Crippen molar-refractivity contribution in [2.75, 3.05) is 0 Å². The molecule has 1 rings (SSSR count). The summed E-state index contributed by atoms with van der Waals surface area (Å²) in [6.45, 7) is 12.3. The molecule has 0 saturated heterocycles. The SMILES string of the molecule is CC(O[Si](C)(C)C(C)(C)C)c1cc(CC(C#N)(C#N)CCC(F)(F)F)no1. The van der Waals surface area contributed by atoms with Crippen LogP contribution in [0.2, 0.25) is 18.1 Å². The number of rotatable bonds is 7. The molecule has 0 amide bonds. The molecule has 1 atom stereocenters. The third-order valence-electron chi connectivity index (χ3n) is 5.00. The van der Waals surface area contributed by atoms with E-state index in [2.05, 4.69) is 39.0 Å². The molecule has 27 heavy (non-hydrogen) atoms. The van der Waals surface area contributed by atoms with Crippen LogP contribution in [0.3, 0.4) is 0 Å². The fraction of sp³-hybridized carbons (Fsp3) is 0.722. The van der Waals surface area contributed by atoms with Gasteiger partial charge < -0.3 is 8.95 Å². The van der Waals surface area contributed by atoms with Gasteiger partial charge in [0.25, 0.3) is 0 Å². The molecule has 0 saturated carbocycles. The van der Waals surface area contributed by atoms with Crippen molar-refractivity contribution in [1.29, 1.82) is 10.5 Å². The summed E-state index contributed by atoms with van der Waals surface area (Å²) in [5, 5.41) is 22.4. The van der Waals surface area contributed by atoms with Gasteiger partial charge in [0.2, 0.25) is 0 Å². The second-order valence-electron chi connectivity index (χ2n) is 8.34. The zero-order valence-corrected chi connectivity index (χ0v) is 17.6. The van der Waals surface area contributed by atoms with E-state index in [0.29, 0.717) is 5.76 Å². The van der Waals surface area contributed by atoms with E-state index < -0.39 is 32.8 Å². The summed E-state index contributed by atoms with van der Waals surface area (Å²) < 4.78 is 49.0. The molecule has 1 aromatic heterocycles. The predicted octanol–water partition coefficient (Wildman–Crippen LogP) is 5.68. The first-order chi connectivity index (χ1) is 12.1. The summed E-state index contributed by atoms with van der Waals surface area (Å²) in [4.78, 5) is 0. The van der Waals surface area contributed by atoms with E-state index in [1.807, 2.05) is 6.92 Å². The van der Waals surface area contributed by atoms with Crippen LogP contribution in [0.4, 0.5) is 13.2 Å². The number of nitrogens with zero attached hydrogens (tertiary/aromatic N) is 3. The van der Waals surface area contributed by atoms with E-state index in [1.54, 1.807) is 18.2 Å². The van der Waals surface area contributed by atoms with Gasteiger partial charge in [0, 0.05) is 18.9 Å². The van der Waals surface area contributed by atoms with Crippen molar-refractivity contribution in [3.05, 3.63) is 17.5 Å². The van der Waals surface area contributed by atoms with Crippen LogP contribution in [0, 0.1) is 28.1 Å². The zero-order valence-electron chi connectivity index (χ0n) is 16.6. The Kier molecular flexibility index (Phi) is 6.90. The minimum absolute atomic E-state index is 0.00151. The molecule has 0 N–H and O–H groups in total. The number of nitriles is 2. The molecule has 0 bridgehead atoms. The first-order valence-corrected chi connectivity index (χ1v) is 11.6. The number of alkyl halides is 3. The Morgan fingerprint density at radius 2 is 1.74 bits per heavy atom. The van der Waals surface area contributed by atoms with E-state index in [9.17, 15) is 23.7 Å². The van der Waals surface area contributed by atoms with Crippen molar-refractivity contribution in [3.8, 4) is 12.1 Å². The van der Waals surface area contributed by atoms with Gasteiger partial charge in [-0.2, -0.15) is 23.7 Å². The van der Waals surface area contributed by atoms with Gasteiger partial charge in [-0.1, -0.05) is 25.9 Å². The second-order valence-corrected chi connectivity index (χ2v) is 13.1. The van der Waals surface area contributed by atoms with Crippen LogP contribution >= 0.6 is 0 Å². The number of halogens is 3. The van der Waals surface area contributed by atoms with Crippen molar-refractivity contribution in [1.82, 2.24) is 5.16 Å². The fourth-order valence-corrected chi connectivity index (χ4v) is 3.60. The Bertz CT molecular complexity index is 710. The van der Waals surface area contributed by atoms with Gasteiger partial charge in [0.15, 0.2) is 14.1 Å². The zero-order chi connectivity index (χ0) is 21.1. The number of hydrogen-bond donors (Lipinski definition) is 0. The summed E-state index contributed by atoms with van der Waals surface area (Å²) in [7, 11) is -2.05. The molecule has 9 heteroatoms. The fourth-order valence-electron chi connectivity index (χ4n) is 2.25. The van der Waals surface area contributed by atoms with Gasteiger partial charge in [-0.05, 0) is 31.5 Å². The maximum absolute atomic E-state index is 12.5. The second kappa shape index (κ2) is 8.03. The van der Waals surface area contributed by atoms with Gasteiger partial charge in [-0.25, -0.2) is 0 Å². The molecule has 5 nitrogen and oxygen atoms in total. The Labute approximate surface area is 159 Å². The maximum atomic E-state index is 12.5. The molecule has 150 valence electrons. The quantitative estimate of drug-likeness (QED) is 0.549. The van der Waals surface area contributed by atoms with Crippen LogP contribution in [0.25, 0.3) is 0 Å². The molecule has 1 heterocycles. The molecular formula is C18H26F3N3O2Si. The average molecular weight is 402 g/mol. The van der Waals surface area contributed by atoms with Gasteiger partial charge in [0.1, 0.15) is 11.5 Å². The third kappa shape index (κ3) is 6.37. The molecule has 0 aliphatic rings. The highest BCUT2D eigenvalue weighted by Crippen LogP contribution is 2.40. The van der Waals surface area contributed by atoms with Gasteiger partial charge in [-0.3, -0.25) is 0 Å². The third-order valence-corrected chi connectivity index (χ3v) is 9.56. The summed E-state index contributed by atoms with van der Waals surface area (Å²) >= 11 is 0.